The van der Waals surface area contributed by atoms with E-state index in [0.717, 1.165) is 0 Å². The smallest absolute Gasteiger partial charge is 0.322 e. The number of fused-ring (bicyclic) bond motifs is 1. The number of aromatic nitrogens is 2. The first-order valence-electron chi connectivity index (χ1n) is 9.16. The Balaban J connectivity index is 1.58. The molecule has 0 spiro atoms. The Hall–Kier alpha value is -2.17. The molecule has 1 N–H and O–H groups in total. The fourth-order valence-corrected chi connectivity index (χ4v) is 5.51. The van der Waals surface area contributed by atoms with Gasteiger partial charge in [0.15, 0.2) is 9.84 Å². The molecule has 2 atom stereocenters. The number of benzene rings is 1. The number of nitrogens with one attached hydrogen (secondary N) is 1. The molecule has 2 aliphatic rings. The summed E-state index contributed by atoms with van der Waals surface area (Å²) in [7, 11) is -3.60. The average molecular weight is 443 g/mol. The number of carbonyl (C=O) groups is 1. The standard InChI is InChI=1S/C18H20ClFN4O4S/c1-11-8-24-16(17(7-21-24)29(26,27)13-4-5-28-10-13)9-23(11)18(25)22-12-2-3-15(20)14(19)6-12/h2-3,6-7,11,13H,4-5,8-10H2,1H3,(H,22,25). The van der Waals surface area contributed by atoms with Crippen molar-refractivity contribution in [1.29, 1.82) is 0 Å². The molecule has 0 saturated carbocycles. The first kappa shape index (κ1) is 20.1. The Kier molecular flexibility index (Phi) is 5.26. The van der Waals surface area contributed by atoms with Crippen molar-refractivity contribution in [2.24, 2.45) is 0 Å². The fourth-order valence-electron chi connectivity index (χ4n) is 3.59. The first-order valence-corrected chi connectivity index (χ1v) is 11.1. The quantitative estimate of drug-likeness (QED) is 0.788. The van der Waals surface area contributed by atoms with Gasteiger partial charge in [-0.1, -0.05) is 11.6 Å². The second-order valence-electron chi connectivity index (χ2n) is 7.20. The summed E-state index contributed by atoms with van der Waals surface area (Å²) in [6, 6.07) is 3.25. The highest BCUT2D eigenvalue weighted by atomic mass is 35.5. The lowest BCUT2D eigenvalue weighted by molar-refractivity contribution is 0.160. The second kappa shape index (κ2) is 7.58. The molecule has 2 amide bonds. The number of nitrogens with zero attached hydrogens (tertiary/aromatic N) is 3. The van der Waals surface area contributed by atoms with Crippen molar-refractivity contribution in [3.05, 3.63) is 40.9 Å². The summed E-state index contributed by atoms with van der Waals surface area (Å²) < 4.78 is 46.2. The van der Waals surface area contributed by atoms with E-state index >= 15 is 0 Å². The fraction of sp³-hybridized carbons (Fsp3) is 0.444. The maximum Gasteiger partial charge on any atom is 0.322 e. The predicted molar refractivity (Wildman–Crippen MR) is 104 cm³/mol. The third-order valence-corrected chi connectivity index (χ3v) is 7.76. The maximum atomic E-state index is 13.3. The minimum absolute atomic E-state index is 0.0874. The van der Waals surface area contributed by atoms with Crippen LogP contribution in [0.1, 0.15) is 19.0 Å². The lowest BCUT2D eigenvalue weighted by atomic mass is 10.2. The molecule has 3 heterocycles. The Labute approximate surface area is 172 Å². The van der Waals surface area contributed by atoms with Crippen LogP contribution in [0.2, 0.25) is 5.02 Å². The van der Waals surface area contributed by atoms with Gasteiger partial charge < -0.3 is 15.0 Å². The molecule has 0 radical (unpaired) electrons. The van der Waals surface area contributed by atoms with Crippen LogP contribution in [0.25, 0.3) is 0 Å². The largest absolute Gasteiger partial charge is 0.380 e. The number of ether oxygens (including phenoxy) is 1. The van der Waals surface area contributed by atoms with Crippen LogP contribution in [0.15, 0.2) is 29.3 Å². The van der Waals surface area contributed by atoms with E-state index in [1.54, 1.807) is 4.68 Å². The molecule has 1 aromatic heterocycles. The molecule has 156 valence electrons. The SMILES string of the molecule is CC1Cn2ncc(S(=O)(=O)C3CCOC3)c2CN1C(=O)Nc1ccc(F)c(Cl)c1. The van der Waals surface area contributed by atoms with Crippen molar-refractivity contribution in [2.45, 2.75) is 42.6 Å². The van der Waals surface area contributed by atoms with E-state index in [-0.39, 0.29) is 29.1 Å². The van der Waals surface area contributed by atoms with E-state index in [1.807, 2.05) is 6.92 Å². The van der Waals surface area contributed by atoms with Gasteiger partial charge in [0, 0.05) is 12.3 Å². The van der Waals surface area contributed by atoms with Gasteiger partial charge >= 0.3 is 6.03 Å². The monoisotopic (exact) mass is 442 g/mol. The summed E-state index contributed by atoms with van der Waals surface area (Å²) >= 11 is 5.77. The second-order valence-corrected chi connectivity index (χ2v) is 9.81. The maximum absolute atomic E-state index is 13.3. The average Bonchev–Trinajstić information content (AvgIpc) is 3.34. The summed E-state index contributed by atoms with van der Waals surface area (Å²) in [5.74, 6) is -0.578. The van der Waals surface area contributed by atoms with Gasteiger partial charge in [-0.15, -0.1) is 0 Å². The van der Waals surface area contributed by atoms with Gasteiger partial charge in [0.2, 0.25) is 0 Å². The number of hydrogen-bond acceptors (Lipinski definition) is 5. The Morgan fingerprint density at radius 2 is 2.21 bits per heavy atom. The van der Waals surface area contributed by atoms with Crippen LogP contribution in [0.4, 0.5) is 14.9 Å². The van der Waals surface area contributed by atoms with Crippen molar-refractivity contribution in [3.8, 4) is 0 Å². The van der Waals surface area contributed by atoms with Crippen LogP contribution >= 0.6 is 11.6 Å². The van der Waals surface area contributed by atoms with Crippen molar-refractivity contribution < 1.29 is 22.3 Å². The molecule has 1 fully saturated rings. The van der Waals surface area contributed by atoms with Crippen molar-refractivity contribution in [2.75, 3.05) is 18.5 Å². The molecule has 0 bridgehead atoms. The van der Waals surface area contributed by atoms with Crippen LogP contribution in [0.5, 0.6) is 0 Å². The molecule has 8 nitrogen and oxygen atoms in total. The van der Waals surface area contributed by atoms with E-state index in [1.165, 1.54) is 29.3 Å². The molecule has 1 saturated heterocycles. The van der Waals surface area contributed by atoms with E-state index in [9.17, 15) is 17.6 Å². The van der Waals surface area contributed by atoms with Gasteiger partial charge in [0.1, 0.15) is 10.7 Å². The van der Waals surface area contributed by atoms with Crippen LogP contribution in [-0.2, 0) is 27.7 Å². The topological polar surface area (TPSA) is 93.5 Å². The van der Waals surface area contributed by atoms with E-state index < -0.39 is 26.9 Å². The summed E-state index contributed by atoms with van der Waals surface area (Å²) in [6.07, 6.45) is 1.80. The molecule has 2 unspecified atom stereocenters. The van der Waals surface area contributed by atoms with Gasteiger partial charge in [-0.3, -0.25) is 4.68 Å². The highest BCUT2D eigenvalue weighted by Crippen LogP contribution is 2.29. The predicted octanol–water partition coefficient (Wildman–Crippen LogP) is 2.67. The van der Waals surface area contributed by atoms with Gasteiger partial charge in [-0.2, -0.15) is 5.10 Å². The molecule has 29 heavy (non-hydrogen) atoms. The molecule has 0 aliphatic carbocycles. The van der Waals surface area contributed by atoms with Gasteiger partial charge in [-0.05, 0) is 31.5 Å². The molecule has 2 aromatic rings. The summed E-state index contributed by atoms with van der Waals surface area (Å²) in [6.45, 7) is 2.88. The zero-order valence-electron chi connectivity index (χ0n) is 15.6. The molecule has 1 aromatic carbocycles. The number of sulfone groups is 1. The molecular weight excluding hydrogens is 423 g/mol. The lowest BCUT2D eigenvalue weighted by Gasteiger charge is -2.34. The summed E-state index contributed by atoms with van der Waals surface area (Å²) in [5.41, 5.74) is 0.825. The molecule has 4 rings (SSSR count). The van der Waals surface area contributed by atoms with Crippen LogP contribution in [0, 0.1) is 5.82 Å². The van der Waals surface area contributed by atoms with Crippen molar-refractivity contribution in [1.82, 2.24) is 14.7 Å². The van der Waals surface area contributed by atoms with Crippen LogP contribution in [0.3, 0.4) is 0 Å². The normalized spacial score (nSPS) is 21.8. The van der Waals surface area contributed by atoms with E-state index in [2.05, 4.69) is 10.4 Å². The number of halogens is 2. The van der Waals surface area contributed by atoms with E-state index in [0.29, 0.717) is 31.0 Å². The van der Waals surface area contributed by atoms with E-state index in [4.69, 9.17) is 16.3 Å². The highest BCUT2D eigenvalue weighted by Gasteiger charge is 2.38. The van der Waals surface area contributed by atoms with Gasteiger partial charge in [-0.25, -0.2) is 17.6 Å². The van der Waals surface area contributed by atoms with Crippen molar-refractivity contribution in [3.63, 3.8) is 0 Å². The zero-order chi connectivity index (χ0) is 20.8. The minimum Gasteiger partial charge on any atom is -0.380 e. The lowest BCUT2D eigenvalue weighted by Crippen LogP contribution is -2.47. The van der Waals surface area contributed by atoms with Gasteiger partial charge in [0.25, 0.3) is 0 Å². The number of amides is 2. The molecule has 11 heteroatoms. The van der Waals surface area contributed by atoms with Gasteiger partial charge in [0.05, 0.1) is 47.9 Å². The Morgan fingerprint density at radius 1 is 1.41 bits per heavy atom. The third kappa shape index (κ3) is 3.72. The zero-order valence-corrected chi connectivity index (χ0v) is 17.2. The minimum atomic E-state index is -3.60. The Bertz CT molecular complexity index is 1050. The summed E-state index contributed by atoms with van der Waals surface area (Å²) in [4.78, 5) is 14.5. The van der Waals surface area contributed by atoms with Crippen LogP contribution in [-0.4, -0.2) is 53.6 Å². The highest BCUT2D eigenvalue weighted by molar-refractivity contribution is 7.92. The first-order chi connectivity index (χ1) is 13.8. The molecular formula is C18H20ClFN4O4S. The number of rotatable bonds is 3. The molecule has 2 aliphatic heterocycles. The van der Waals surface area contributed by atoms with Crippen LogP contribution < -0.4 is 5.32 Å². The number of carbonyl (C=O) groups excluding carboxylic acids is 1. The van der Waals surface area contributed by atoms with Crippen molar-refractivity contribution >= 4 is 33.2 Å². The number of anilines is 1. The summed E-state index contributed by atoms with van der Waals surface area (Å²) in [5, 5.41) is 6.21. The third-order valence-electron chi connectivity index (χ3n) is 5.26. The Morgan fingerprint density at radius 3 is 2.90 bits per heavy atom. The number of hydrogen-bond donors (Lipinski definition) is 1. The number of urea groups is 1.